The first kappa shape index (κ1) is 12.7. The summed E-state index contributed by atoms with van der Waals surface area (Å²) < 4.78 is 5.35. The lowest BCUT2D eigenvalue weighted by molar-refractivity contribution is -0.137. The molecule has 1 aromatic heterocycles. The zero-order valence-corrected chi connectivity index (χ0v) is 10.6. The Kier molecular flexibility index (Phi) is 3.41. The van der Waals surface area contributed by atoms with E-state index in [0.29, 0.717) is 23.6 Å². The first-order valence-electron chi connectivity index (χ1n) is 6.09. The number of carbonyl (C=O) groups excluding carboxylic acids is 1. The van der Waals surface area contributed by atoms with Crippen LogP contribution in [0.1, 0.15) is 41.1 Å². The van der Waals surface area contributed by atoms with Crippen LogP contribution in [0.25, 0.3) is 0 Å². The van der Waals surface area contributed by atoms with Gasteiger partial charge in [-0.15, -0.1) is 0 Å². The highest BCUT2D eigenvalue weighted by Gasteiger charge is 2.32. The zero-order chi connectivity index (χ0) is 13.3. The Morgan fingerprint density at radius 3 is 2.78 bits per heavy atom. The number of nitrogens with zero attached hydrogens (tertiary/aromatic N) is 1. The minimum Gasteiger partial charge on any atom is -0.481 e. The van der Waals surface area contributed by atoms with Crippen molar-refractivity contribution in [3.8, 4) is 0 Å². The summed E-state index contributed by atoms with van der Waals surface area (Å²) in [6.07, 6.45) is 1.63. The smallest absolute Gasteiger partial charge is 0.305 e. The Hall–Kier alpha value is -1.78. The van der Waals surface area contributed by atoms with Crippen LogP contribution in [-0.2, 0) is 4.79 Å². The van der Waals surface area contributed by atoms with E-state index in [-0.39, 0.29) is 18.4 Å². The van der Waals surface area contributed by atoms with Crippen molar-refractivity contribution >= 4 is 11.9 Å². The second-order valence-electron chi connectivity index (χ2n) is 4.72. The van der Waals surface area contributed by atoms with E-state index < -0.39 is 5.97 Å². The number of amides is 1. The van der Waals surface area contributed by atoms with E-state index in [4.69, 9.17) is 9.52 Å². The van der Waals surface area contributed by atoms with Crippen LogP contribution < -0.4 is 0 Å². The van der Waals surface area contributed by atoms with Gasteiger partial charge in [-0.3, -0.25) is 9.59 Å². The Balaban J connectivity index is 2.17. The van der Waals surface area contributed by atoms with E-state index in [1.807, 2.05) is 0 Å². The minimum absolute atomic E-state index is 0.0155. The molecular formula is C13H17NO4. The highest BCUT2D eigenvalue weighted by molar-refractivity contribution is 5.95. The maximum atomic E-state index is 12.3. The Labute approximate surface area is 105 Å². The van der Waals surface area contributed by atoms with Gasteiger partial charge in [-0.25, -0.2) is 0 Å². The molecule has 1 N–H and O–H groups in total. The highest BCUT2D eigenvalue weighted by atomic mass is 16.4. The van der Waals surface area contributed by atoms with E-state index in [1.165, 1.54) is 0 Å². The number of aryl methyl sites for hydroxylation is 2. The molecule has 1 fully saturated rings. The van der Waals surface area contributed by atoms with Crippen LogP contribution in [-0.4, -0.2) is 34.5 Å². The molecule has 1 aliphatic heterocycles. The molecule has 1 atom stereocenters. The molecule has 0 bridgehead atoms. The van der Waals surface area contributed by atoms with E-state index in [0.717, 1.165) is 12.8 Å². The lowest BCUT2D eigenvalue weighted by atomic mass is 10.1. The van der Waals surface area contributed by atoms with Crippen LogP contribution in [0.5, 0.6) is 0 Å². The fourth-order valence-corrected chi connectivity index (χ4v) is 2.51. The van der Waals surface area contributed by atoms with Gasteiger partial charge in [-0.1, -0.05) is 0 Å². The molecule has 0 radical (unpaired) electrons. The minimum atomic E-state index is -0.861. The topological polar surface area (TPSA) is 70.8 Å². The largest absolute Gasteiger partial charge is 0.481 e. The maximum absolute atomic E-state index is 12.3. The molecule has 0 spiro atoms. The van der Waals surface area contributed by atoms with Crippen molar-refractivity contribution in [3.05, 3.63) is 23.2 Å². The van der Waals surface area contributed by atoms with E-state index in [1.54, 1.807) is 24.8 Å². The SMILES string of the molecule is Cc1cc(C(=O)N2CCCC2CC(=O)O)c(C)o1. The van der Waals surface area contributed by atoms with Crippen molar-refractivity contribution in [1.29, 1.82) is 0 Å². The Bertz CT molecular complexity index is 477. The summed E-state index contributed by atoms with van der Waals surface area (Å²) in [6, 6.07) is 1.53. The summed E-state index contributed by atoms with van der Waals surface area (Å²) in [5, 5.41) is 8.85. The summed E-state index contributed by atoms with van der Waals surface area (Å²) in [5.74, 6) is 0.316. The molecule has 98 valence electrons. The zero-order valence-electron chi connectivity index (χ0n) is 10.6. The van der Waals surface area contributed by atoms with Gasteiger partial charge >= 0.3 is 5.97 Å². The average Bonchev–Trinajstić information content (AvgIpc) is 2.83. The number of rotatable bonds is 3. The third-order valence-corrected chi connectivity index (χ3v) is 3.32. The molecule has 0 saturated carbocycles. The number of carboxylic acids is 1. The second kappa shape index (κ2) is 4.84. The number of carbonyl (C=O) groups is 2. The van der Waals surface area contributed by atoms with E-state index in [2.05, 4.69) is 0 Å². The van der Waals surface area contributed by atoms with Gasteiger partial charge in [0.25, 0.3) is 5.91 Å². The molecule has 0 aliphatic carbocycles. The van der Waals surface area contributed by atoms with Crippen LogP contribution in [0.4, 0.5) is 0 Å². The molecular weight excluding hydrogens is 234 g/mol. The molecule has 1 saturated heterocycles. The average molecular weight is 251 g/mol. The maximum Gasteiger partial charge on any atom is 0.305 e. The fraction of sp³-hybridized carbons (Fsp3) is 0.538. The van der Waals surface area contributed by atoms with Gasteiger partial charge in [-0.05, 0) is 32.8 Å². The monoisotopic (exact) mass is 251 g/mol. The van der Waals surface area contributed by atoms with Crippen molar-refractivity contribution in [2.45, 2.75) is 39.2 Å². The standard InChI is InChI=1S/C13H17NO4/c1-8-6-11(9(2)18-8)13(17)14-5-3-4-10(14)7-12(15)16/h6,10H,3-5,7H2,1-2H3,(H,15,16). The third-order valence-electron chi connectivity index (χ3n) is 3.32. The number of hydrogen-bond acceptors (Lipinski definition) is 3. The first-order chi connectivity index (χ1) is 8.49. The number of likely N-dealkylation sites (tertiary alicyclic amines) is 1. The molecule has 5 heteroatoms. The molecule has 5 nitrogen and oxygen atoms in total. The number of furan rings is 1. The molecule has 1 unspecified atom stereocenters. The summed E-state index contributed by atoms with van der Waals surface area (Å²) in [4.78, 5) is 24.8. The van der Waals surface area contributed by atoms with Gasteiger partial charge < -0.3 is 14.4 Å². The molecule has 1 amide bonds. The summed E-state index contributed by atoms with van der Waals surface area (Å²) in [6.45, 7) is 4.17. The fourth-order valence-electron chi connectivity index (χ4n) is 2.51. The molecule has 1 aromatic rings. The molecule has 1 aliphatic rings. The summed E-state index contributed by atoms with van der Waals surface area (Å²) >= 11 is 0. The van der Waals surface area contributed by atoms with Gasteiger partial charge in [0.05, 0.1) is 12.0 Å². The molecule has 2 rings (SSSR count). The van der Waals surface area contributed by atoms with Gasteiger partial charge in [0.1, 0.15) is 11.5 Å². The van der Waals surface area contributed by atoms with Crippen LogP contribution in [0.15, 0.2) is 10.5 Å². The van der Waals surface area contributed by atoms with Crippen LogP contribution in [0, 0.1) is 13.8 Å². The van der Waals surface area contributed by atoms with Crippen molar-refractivity contribution in [2.24, 2.45) is 0 Å². The number of aliphatic carboxylic acids is 1. The summed E-state index contributed by atoms with van der Waals surface area (Å²) in [7, 11) is 0. The molecule has 0 aromatic carbocycles. The van der Waals surface area contributed by atoms with Crippen molar-refractivity contribution in [3.63, 3.8) is 0 Å². The van der Waals surface area contributed by atoms with Gasteiger partial charge in [0.15, 0.2) is 0 Å². The van der Waals surface area contributed by atoms with Crippen LogP contribution >= 0.6 is 0 Å². The number of carboxylic acid groups (broad SMARTS) is 1. The molecule has 18 heavy (non-hydrogen) atoms. The highest BCUT2D eigenvalue weighted by Crippen LogP contribution is 2.24. The van der Waals surface area contributed by atoms with E-state index >= 15 is 0 Å². The summed E-state index contributed by atoms with van der Waals surface area (Å²) in [5.41, 5.74) is 0.546. The van der Waals surface area contributed by atoms with Crippen molar-refractivity contribution < 1.29 is 19.1 Å². The first-order valence-corrected chi connectivity index (χ1v) is 6.09. The van der Waals surface area contributed by atoms with Gasteiger partial charge in [0.2, 0.25) is 0 Å². The van der Waals surface area contributed by atoms with Gasteiger partial charge in [-0.2, -0.15) is 0 Å². The predicted molar refractivity (Wildman–Crippen MR) is 64.5 cm³/mol. The number of hydrogen-bond donors (Lipinski definition) is 1. The predicted octanol–water partition coefficient (Wildman–Crippen LogP) is 1.98. The lowest BCUT2D eigenvalue weighted by Gasteiger charge is -2.23. The van der Waals surface area contributed by atoms with Crippen LogP contribution in [0.3, 0.4) is 0 Å². The van der Waals surface area contributed by atoms with E-state index in [9.17, 15) is 9.59 Å². The Morgan fingerprint density at radius 1 is 1.50 bits per heavy atom. The normalized spacial score (nSPS) is 19.2. The second-order valence-corrected chi connectivity index (χ2v) is 4.72. The lowest BCUT2D eigenvalue weighted by Crippen LogP contribution is -2.36. The third kappa shape index (κ3) is 2.39. The van der Waals surface area contributed by atoms with Crippen LogP contribution in [0.2, 0.25) is 0 Å². The Morgan fingerprint density at radius 2 is 2.22 bits per heavy atom. The van der Waals surface area contributed by atoms with Gasteiger partial charge in [0, 0.05) is 12.6 Å². The van der Waals surface area contributed by atoms with Crippen molar-refractivity contribution in [2.75, 3.05) is 6.54 Å². The molecule has 2 heterocycles. The quantitative estimate of drug-likeness (QED) is 0.891. The van der Waals surface area contributed by atoms with Crippen molar-refractivity contribution in [1.82, 2.24) is 4.90 Å².